The zero-order valence-electron chi connectivity index (χ0n) is 12.9. The zero-order valence-corrected chi connectivity index (χ0v) is 13.7. The number of thiazole rings is 1. The fourth-order valence-electron chi connectivity index (χ4n) is 2.22. The van der Waals surface area contributed by atoms with Crippen LogP contribution in [0.5, 0.6) is 0 Å². The highest BCUT2D eigenvalue weighted by Gasteiger charge is 2.15. The van der Waals surface area contributed by atoms with Crippen molar-refractivity contribution in [3.05, 3.63) is 58.6 Å². The fraction of sp³-hybridized carbons (Fsp3) is 0.250. The SMILES string of the molecule is Cc1csc([C@H](C)CNC(=O)c2ccccc2-n2cncn2)n1. The first-order chi connectivity index (χ1) is 11.1. The maximum absolute atomic E-state index is 12.5. The first-order valence-electron chi connectivity index (χ1n) is 7.29. The van der Waals surface area contributed by atoms with Crippen LogP contribution in [0.4, 0.5) is 0 Å². The molecule has 1 atom stereocenters. The van der Waals surface area contributed by atoms with Gasteiger partial charge in [-0.2, -0.15) is 5.10 Å². The van der Waals surface area contributed by atoms with E-state index in [0.29, 0.717) is 17.8 Å². The number of carbonyl (C=O) groups excluding carboxylic acids is 1. The highest BCUT2D eigenvalue weighted by Crippen LogP contribution is 2.19. The van der Waals surface area contributed by atoms with Crippen LogP contribution in [0.25, 0.3) is 5.69 Å². The first-order valence-corrected chi connectivity index (χ1v) is 8.17. The monoisotopic (exact) mass is 327 g/mol. The molecule has 118 valence electrons. The van der Waals surface area contributed by atoms with Gasteiger partial charge >= 0.3 is 0 Å². The van der Waals surface area contributed by atoms with Crippen LogP contribution in [0.3, 0.4) is 0 Å². The summed E-state index contributed by atoms with van der Waals surface area (Å²) in [6, 6.07) is 7.33. The van der Waals surface area contributed by atoms with Gasteiger partial charge in [-0.1, -0.05) is 19.1 Å². The number of amides is 1. The average Bonchev–Trinajstić information content (AvgIpc) is 3.24. The number of aryl methyl sites for hydroxylation is 1. The number of aromatic nitrogens is 4. The van der Waals surface area contributed by atoms with Crippen LogP contribution in [0.15, 0.2) is 42.3 Å². The molecule has 3 rings (SSSR count). The topological polar surface area (TPSA) is 72.7 Å². The number of rotatable bonds is 5. The smallest absolute Gasteiger partial charge is 0.253 e. The van der Waals surface area contributed by atoms with Gasteiger partial charge in [0.05, 0.1) is 16.3 Å². The number of benzene rings is 1. The third-order valence-corrected chi connectivity index (χ3v) is 4.64. The highest BCUT2D eigenvalue weighted by atomic mass is 32.1. The second kappa shape index (κ2) is 6.70. The lowest BCUT2D eigenvalue weighted by Gasteiger charge is -2.12. The van der Waals surface area contributed by atoms with Crippen LogP contribution in [-0.4, -0.2) is 32.2 Å². The van der Waals surface area contributed by atoms with Gasteiger partial charge < -0.3 is 5.32 Å². The molecular weight excluding hydrogens is 310 g/mol. The van der Waals surface area contributed by atoms with Gasteiger partial charge in [-0.15, -0.1) is 11.3 Å². The Kier molecular flexibility index (Phi) is 4.47. The summed E-state index contributed by atoms with van der Waals surface area (Å²) in [6.07, 6.45) is 3.02. The number of hydrogen-bond donors (Lipinski definition) is 1. The number of nitrogens with one attached hydrogen (secondary N) is 1. The van der Waals surface area contributed by atoms with Crippen molar-refractivity contribution in [2.75, 3.05) is 6.54 Å². The van der Waals surface area contributed by atoms with E-state index in [1.165, 1.54) is 6.33 Å². The molecule has 0 radical (unpaired) electrons. The van der Waals surface area contributed by atoms with E-state index in [-0.39, 0.29) is 11.8 Å². The predicted octanol–water partition coefficient (Wildman–Crippen LogP) is 2.57. The summed E-state index contributed by atoms with van der Waals surface area (Å²) < 4.78 is 1.59. The molecule has 0 bridgehead atoms. The van der Waals surface area contributed by atoms with E-state index in [4.69, 9.17) is 0 Å². The summed E-state index contributed by atoms with van der Waals surface area (Å²) in [6.45, 7) is 4.57. The van der Waals surface area contributed by atoms with Crippen LogP contribution in [0.1, 0.15) is 33.9 Å². The van der Waals surface area contributed by atoms with Crippen LogP contribution >= 0.6 is 11.3 Å². The summed E-state index contributed by atoms with van der Waals surface area (Å²) >= 11 is 1.62. The number of nitrogens with zero attached hydrogens (tertiary/aromatic N) is 4. The molecule has 0 saturated carbocycles. The number of para-hydroxylation sites is 1. The molecule has 0 fully saturated rings. The minimum Gasteiger partial charge on any atom is -0.351 e. The molecule has 2 heterocycles. The second-order valence-corrected chi connectivity index (χ2v) is 6.19. The minimum atomic E-state index is -0.128. The summed E-state index contributed by atoms with van der Waals surface area (Å²) in [7, 11) is 0. The lowest BCUT2D eigenvalue weighted by molar-refractivity contribution is 0.0951. The van der Waals surface area contributed by atoms with E-state index in [2.05, 4.69) is 27.3 Å². The van der Waals surface area contributed by atoms with Crippen molar-refractivity contribution in [1.82, 2.24) is 25.1 Å². The molecule has 3 aromatic rings. The Bertz CT molecular complexity index is 796. The standard InChI is InChI=1S/C16H17N5OS/c1-11(16-20-12(2)8-23-16)7-18-15(22)13-5-3-4-6-14(13)21-10-17-9-19-21/h3-6,8-11H,7H2,1-2H3,(H,18,22)/t11-/m1/s1. The molecule has 1 N–H and O–H groups in total. The lowest BCUT2D eigenvalue weighted by Crippen LogP contribution is -2.28. The van der Waals surface area contributed by atoms with Crippen LogP contribution < -0.4 is 5.32 Å². The maximum Gasteiger partial charge on any atom is 0.253 e. The minimum absolute atomic E-state index is 0.128. The van der Waals surface area contributed by atoms with E-state index >= 15 is 0 Å². The number of hydrogen-bond acceptors (Lipinski definition) is 5. The van der Waals surface area contributed by atoms with E-state index in [1.54, 1.807) is 28.4 Å². The number of carbonyl (C=O) groups is 1. The Balaban J connectivity index is 1.72. The van der Waals surface area contributed by atoms with Gasteiger partial charge in [-0.25, -0.2) is 14.6 Å². The molecule has 6 nitrogen and oxygen atoms in total. The molecule has 23 heavy (non-hydrogen) atoms. The molecule has 2 aromatic heterocycles. The molecule has 0 aliphatic rings. The lowest BCUT2D eigenvalue weighted by atomic mass is 10.1. The Labute approximate surface area is 138 Å². The Morgan fingerprint density at radius 2 is 2.22 bits per heavy atom. The van der Waals surface area contributed by atoms with Crippen molar-refractivity contribution in [1.29, 1.82) is 0 Å². The maximum atomic E-state index is 12.5. The van der Waals surface area contributed by atoms with Crippen molar-refractivity contribution in [2.45, 2.75) is 19.8 Å². The average molecular weight is 327 g/mol. The Hall–Kier alpha value is -2.54. The summed E-state index contributed by atoms with van der Waals surface area (Å²) in [5, 5.41) is 10.1. The van der Waals surface area contributed by atoms with Crippen LogP contribution in [0.2, 0.25) is 0 Å². The molecular formula is C16H17N5OS. The van der Waals surface area contributed by atoms with Crippen LogP contribution in [0, 0.1) is 6.92 Å². The second-order valence-electron chi connectivity index (χ2n) is 5.30. The Morgan fingerprint density at radius 1 is 1.39 bits per heavy atom. The van der Waals surface area contributed by atoms with Gasteiger partial charge in [0.25, 0.3) is 5.91 Å². The van der Waals surface area contributed by atoms with Crippen molar-refractivity contribution in [3.8, 4) is 5.69 Å². The van der Waals surface area contributed by atoms with Gasteiger partial charge in [0.15, 0.2) is 0 Å². The molecule has 1 aromatic carbocycles. The van der Waals surface area contributed by atoms with Crippen LogP contribution in [-0.2, 0) is 0 Å². The quantitative estimate of drug-likeness (QED) is 0.782. The van der Waals surface area contributed by atoms with E-state index < -0.39 is 0 Å². The van der Waals surface area contributed by atoms with Gasteiger partial charge in [0.1, 0.15) is 12.7 Å². The third-order valence-electron chi connectivity index (χ3n) is 3.44. The summed E-state index contributed by atoms with van der Waals surface area (Å²) in [5.74, 6) is 0.0485. The van der Waals surface area contributed by atoms with Gasteiger partial charge in [-0.3, -0.25) is 4.79 Å². The normalized spacial score (nSPS) is 12.1. The van der Waals surface area contributed by atoms with Crippen molar-refractivity contribution in [3.63, 3.8) is 0 Å². The summed E-state index contributed by atoms with van der Waals surface area (Å²) in [4.78, 5) is 20.9. The highest BCUT2D eigenvalue weighted by molar-refractivity contribution is 7.09. The first kappa shape index (κ1) is 15.4. The predicted molar refractivity (Wildman–Crippen MR) is 89.0 cm³/mol. The van der Waals surface area contributed by atoms with Crippen molar-refractivity contribution >= 4 is 17.2 Å². The summed E-state index contributed by atoms with van der Waals surface area (Å²) in [5.41, 5.74) is 2.29. The molecule has 0 spiro atoms. The molecule has 0 unspecified atom stereocenters. The third kappa shape index (κ3) is 3.45. The van der Waals surface area contributed by atoms with Gasteiger partial charge in [-0.05, 0) is 19.1 Å². The molecule has 0 aliphatic heterocycles. The van der Waals surface area contributed by atoms with E-state index in [1.807, 2.05) is 30.5 Å². The van der Waals surface area contributed by atoms with Crippen molar-refractivity contribution < 1.29 is 4.79 Å². The van der Waals surface area contributed by atoms with Gasteiger partial charge in [0, 0.05) is 23.5 Å². The molecule has 7 heteroatoms. The Morgan fingerprint density at radius 3 is 2.91 bits per heavy atom. The largest absolute Gasteiger partial charge is 0.351 e. The fourth-order valence-corrected chi connectivity index (χ4v) is 3.08. The van der Waals surface area contributed by atoms with E-state index in [9.17, 15) is 4.79 Å². The molecule has 0 aliphatic carbocycles. The molecule has 1 amide bonds. The van der Waals surface area contributed by atoms with Crippen molar-refractivity contribution in [2.24, 2.45) is 0 Å². The zero-order chi connectivity index (χ0) is 16.2. The van der Waals surface area contributed by atoms with E-state index in [0.717, 1.165) is 10.7 Å². The van der Waals surface area contributed by atoms with Gasteiger partial charge in [0.2, 0.25) is 0 Å². The molecule has 0 saturated heterocycles.